The molecule has 25 heavy (non-hydrogen) atoms. The number of carbonyl (C=O) groups is 1. The van der Waals surface area contributed by atoms with Gasteiger partial charge in [0.2, 0.25) is 0 Å². The number of aryl methyl sites for hydroxylation is 1. The van der Waals surface area contributed by atoms with Gasteiger partial charge in [-0.05, 0) is 24.6 Å². The second-order valence-corrected chi connectivity index (χ2v) is 6.63. The van der Waals surface area contributed by atoms with Gasteiger partial charge < -0.3 is 4.74 Å². The van der Waals surface area contributed by atoms with Crippen molar-refractivity contribution in [3.63, 3.8) is 0 Å². The van der Waals surface area contributed by atoms with Crippen LogP contribution < -0.4 is 4.72 Å². The Labute approximate surface area is 143 Å². The minimum Gasteiger partial charge on any atom is -0.465 e. The molecule has 2 heterocycles. The number of hydrogen-bond acceptors (Lipinski definition) is 7. The van der Waals surface area contributed by atoms with E-state index < -0.39 is 21.1 Å². The maximum Gasteiger partial charge on any atom is 0.339 e. The minimum atomic E-state index is -4.10. The number of carbonyl (C=O) groups excluding carboxylic acids is 1. The van der Waals surface area contributed by atoms with E-state index in [1.54, 1.807) is 24.4 Å². The molecule has 0 spiro atoms. The van der Waals surface area contributed by atoms with Gasteiger partial charge in [0.1, 0.15) is 0 Å². The van der Waals surface area contributed by atoms with Crippen LogP contribution in [0.3, 0.4) is 0 Å². The fourth-order valence-electron chi connectivity index (χ4n) is 2.16. The molecule has 0 bridgehead atoms. The molecular weight excluding hydrogens is 346 g/mol. The molecule has 130 valence electrons. The quantitative estimate of drug-likeness (QED) is 0.680. The molecule has 0 saturated carbocycles. The van der Waals surface area contributed by atoms with E-state index in [0.29, 0.717) is 6.42 Å². The first kappa shape index (κ1) is 16.8. The van der Waals surface area contributed by atoms with E-state index in [4.69, 9.17) is 0 Å². The highest BCUT2D eigenvalue weighted by Crippen LogP contribution is 2.19. The van der Waals surface area contributed by atoms with Crippen LogP contribution in [-0.4, -0.2) is 41.1 Å². The number of anilines is 1. The summed E-state index contributed by atoms with van der Waals surface area (Å²) in [6, 6.07) is 7.83. The first-order valence-electron chi connectivity index (χ1n) is 7.37. The van der Waals surface area contributed by atoms with E-state index in [9.17, 15) is 13.2 Å². The first-order chi connectivity index (χ1) is 11.9. The fraction of sp³-hybridized carbons (Fsp3) is 0.200. The maximum atomic E-state index is 12.6. The zero-order valence-corrected chi connectivity index (χ0v) is 14.3. The Balaban J connectivity index is 1.99. The van der Waals surface area contributed by atoms with E-state index in [-0.39, 0.29) is 17.0 Å². The summed E-state index contributed by atoms with van der Waals surface area (Å²) in [5.74, 6) is -0.475. The van der Waals surface area contributed by atoms with E-state index in [1.165, 1.54) is 23.8 Å². The molecule has 0 atom stereocenters. The number of hydrogen-bond donors (Lipinski definition) is 1. The molecule has 0 amide bonds. The average Bonchev–Trinajstić information content (AvgIpc) is 3.05. The molecule has 3 aromatic rings. The predicted octanol–water partition coefficient (Wildman–Crippen LogP) is 1.27. The van der Waals surface area contributed by atoms with E-state index >= 15 is 0 Å². The second kappa shape index (κ2) is 6.48. The van der Waals surface area contributed by atoms with Gasteiger partial charge in [-0.2, -0.15) is 13.4 Å². The molecule has 3 rings (SSSR count). The largest absolute Gasteiger partial charge is 0.465 e. The van der Waals surface area contributed by atoms with Crippen LogP contribution in [0.4, 0.5) is 5.69 Å². The molecule has 0 radical (unpaired) electrons. The number of methoxy groups -OCH3 is 1. The molecule has 0 unspecified atom stereocenters. The number of rotatable bonds is 5. The Morgan fingerprint density at radius 1 is 1.24 bits per heavy atom. The highest BCUT2D eigenvalue weighted by molar-refractivity contribution is 7.92. The van der Waals surface area contributed by atoms with Crippen molar-refractivity contribution in [3.05, 3.63) is 47.8 Å². The van der Waals surface area contributed by atoms with Gasteiger partial charge in [0.15, 0.2) is 0 Å². The van der Waals surface area contributed by atoms with Crippen molar-refractivity contribution < 1.29 is 17.9 Å². The lowest BCUT2D eigenvalue weighted by Gasteiger charge is -2.09. The summed E-state index contributed by atoms with van der Waals surface area (Å²) < 4.78 is 33.4. The van der Waals surface area contributed by atoms with Gasteiger partial charge in [-0.15, -0.1) is 5.10 Å². The topological polar surface area (TPSA) is 116 Å². The Bertz CT molecular complexity index is 1050. The molecule has 2 aromatic heterocycles. The second-order valence-electron chi connectivity index (χ2n) is 5.05. The van der Waals surface area contributed by atoms with Crippen molar-refractivity contribution in [1.82, 2.24) is 19.6 Å². The summed E-state index contributed by atoms with van der Waals surface area (Å²) in [6.45, 7) is 1.93. The predicted molar refractivity (Wildman–Crippen MR) is 88.8 cm³/mol. The number of esters is 1. The lowest BCUT2D eigenvalue weighted by atomic mass is 10.2. The summed E-state index contributed by atoms with van der Waals surface area (Å²) in [6.07, 6.45) is 2.28. The molecule has 0 saturated heterocycles. The van der Waals surface area contributed by atoms with Crippen LogP contribution in [0, 0.1) is 0 Å². The van der Waals surface area contributed by atoms with Gasteiger partial charge in [-0.3, -0.25) is 4.72 Å². The van der Waals surface area contributed by atoms with Crippen LogP contribution in [-0.2, 0) is 21.2 Å². The SMILES string of the molecule is CCc1ccn2nc(S(=O)(=O)Nc3ccccc3C(=O)OC)nc2n1. The van der Waals surface area contributed by atoms with E-state index in [1.807, 2.05) is 6.92 Å². The first-order valence-corrected chi connectivity index (χ1v) is 8.85. The summed E-state index contributed by atoms with van der Waals surface area (Å²) >= 11 is 0. The number of benzene rings is 1. The smallest absolute Gasteiger partial charge is 0.339 e. The van der Waals surface area contributed by atoms with Crippen LogP contribution in [0.25, 0.3) is 5.78 Å². The van der Waals surface area contributed by atoms with Crippen LogP contribution in [0.5, 0.6) is 0 Å². The van der Waals surface area contributed by atoms with Crippen LogP contribution in [0.2, 0.25) is 0 Å². The van der Waals surface area contributed by atoms with Gasteiger partial charge >= 0.3 is 5.97 Å². The molecule has 1 N–H and O–H groups in total. The molecule has 9 nitrogen and oxygen atoms in total. The lowest BCUT2D eigenvalue weighted by Crippen LogP contribution is -2.17. The summed E-state index contributed by atoms with van der Waals surface area (Å²) in [4.78, 5) is 19.9. The number of ether oxygens (including phenoxy) is 1. The van der Waals surface area contributed by atoms with Gasteiger partial charge in [-0.1, -0.05) is 19.1 Å². The summed E-state index contributed by atoms with van der Waals surface area (Å²) in [7, 11) is -2.88. The number of nitrogens with zero attached hydrogens (tertiary/aromatic N) is 4. The number of nitrogens with one attached hydrogen (secondary N) is 1. The summed E-state index contributed by atoms with van der Waals surface area (Å²) in [5.41, 5.74) is 0.937. The van der Waals surface area contributed by atoms with Crippen molar-refractivity contribution in [1.29, 1.82) is 0 Å². The zero-order chi connectivity index (χ0) is 18.0. The van der Waals surface area contributed by atoms with Crippen molar-refractivity contribution in [2.75, 3.05) is 11.8 Å². The molecule has 0 aliphatic carbocycles. The molecule has 10 heteroatoms. The van der Waals surface area contributed by atoms with Gasteiger partial charge in [0.25, 0.3) is 21.0 Å². The minimum absolute atomic E-state index is 0.0791. The number of fused-ring (bicyclic) bond motifs is 1. The number of sulfonamides is 1. The third-order valence-electron chi connectivity index (χ3n) is 3.42. The molecule has 1 aromatic carbocycles. The van der Waals surface area contributed by atoms with Gasteiger partial charge in [0.05, 0.1) is 18.4 Å². The average molecular weight is 361 g/mol. The zero-order valence-electron chi connectivity index (χ0n) is 13.5. The molecule has 0 aliphatic rings. The van der Waals surface area contributed by atoms with Crippen LogP contribution in [0.1, 0.15) is 23.0 Å². The third kappa shape index (κ3) is 3.29. The standard InChI is InChI=1S/C15H15N5O4S/c1-3-10-8-9-20-14(16-10)17-15(18-20)25(22,23)19-12-7-5-4-6-11(12)13(21)24-2/h4-9,19H,3H2,1-2H3. The maximum absolute atomic E-state index is 12.6. The van der Waals surface area contributed by atoms with E-state index in [2.05, 4.69) is 24.5 Å². The molecular formula is C15H15N5O4S. The van der Waals surface area contributed by atoms with Gasteiger partial charge in [0, 0.05) is 11.9 Å². The van der Waals surface area contributed by atoms with Crippen molar-refractivity contribution in [2.45, 2.75) is 18.5 Å². The van der Waals surface area contributed by atoms with Crippen molar-refractivity contribution in [3.8, 4) is 0 Å². The van der Waals surface area contributed by atoms with Gasteiger partial charge in [-0.25, -0.2) is 14.3 Å². The number of para-hydroxylation sites is 1. The fourth-order valence-corrected chi connectivity index (χ4v) is 3.11. The highest BCUT2D eigenvalue weighted by Gasteiger charge is 2.23. The van der Waals surface area contributed by atoms with Crippen LogP contribution in [0.15, 0.2) is 41.7 Å². The third-order valence-corrected chi connectivity index (χ3v) is 4.57. The Kier molecular flexibility index (Phi) is 4.36. The summed E-state index contributed by atoms with van der Waals surface area (Å²) in [5, 5.41) is 3.49. The van der Waals surface area contributed by atoms with Crippen molar-refractivity contribution in [2.24, 2.45) is 0 Å². The Morgan fingerprint density at radius 2 is 2.00 bits per heavy atom. The lowest BCUT2D eigenvalue weighted by molar-refractivity contribution is 0.0602. The Morgan fingerprint density at radius 3 is 2.72 bits per heavy atom. The molecule has 0 aliphatic heterocycles. The van der Waals surface area contributed by atoms with Crippen molar-refractivity contribution >= 4 is 27.5 Å². The normalized spacial score (nSPS) is 11.4. The highest BCUT2D eigenvalue weighted by atomic mass is 32.2. The Hall–Kier alpha value is -3.01. The number of aromatic nitrogens is 4. The molecule has 0 fully saturated rings. The van der Waals surface area contributed by atoms with Crippen LogP contribution >= 0.6 is 0 Å². The monoisotopic (exact) mass is 361 g/mol. The van der Waals surface area contributed by atoms with E-state index in [0.717, 1.165) is 5.69 Å².